The summed E-state index contributed by atoms with van der Waals surface area (Å²) in [5.74, 6) is 5.95. The maximum absolute atomic E-state index is 5.30. The summed E-state index contributed by atoms with van der Waals surface area (Å²) in [6, 6.07) is 0. The topological polar surface area (TPSA) is 66.5 Å². The van der Waals surface area contributed by atoms with E-state index in [0.717, 1.165) is 10.7 Å². The molecule has 0 unspecified atom stereocenters. The smallest absolute Gasteiger partial charge is 0.208 e. The molecule has 1 aromatic heterocycles. The number of nitrogens with two attached hydrogens (primary N) is 1. The highest BCUT2D eigenvalue weighted by Gasteiger charge is 2.06. The highest BCUT2D eigenvalue weighted by molar-refractivity contribution is 7.09. The van der Waals surface area contributed by atoms with E-state index in [1.165, 1.54) is 0 Å². The first-order valence-corrected chi connectivity index (χ1v) is 5.11. The third-order valence-corrected chi connectivity index (χ3v) is 2.59. The van der Waals surface area contributed by atoms with Gasteiger partial charge in [-0.25, -0.2) is 10.8 Å². The van der Waals surface area contributed by atoms with Gasteiger partial charge in [-0.15, -0.1) is 11.3 Å². The van der Waals surface area contributed by atoms with Gasteiger partial charge < -0.3 is 4.90 Å². The molecule has 0 aromatic carbocycles. The van der Waals surface area contributed by atoms with Gasteiger partial charge in [0.15, 0.2) is 0 Å². The van der Waals surface area contributed by atoms with Crippen LogP contribution in [0.3, 0.4) is 0 Å². The van der Waals surface area contributed by atoms with Crippen molar-refractivity contribution in [2.45, 2.75) is 13.5 Å². The molecule has 0 fully saturated rings. The van der Waals surface area contributed by atoms with Gasteiger partial charge in [-0.3, -0.25) is 10.4 Å². The summed E-state index contributed by atoms with van der Waals surface area (Å²) in [5.41, 5.74) is 3.56. The lowest BCUT2D eigenvalue weighted by molar-refractivity contribution is 0.473. The Morgan fingerprint density at radius 3 is 2.93 bits per heavy atom. The number of nitrogens with one attached hydrogen (secondary N) is 1. The van der Waals surface area contributed by atoms with Crippen LogP contribution in [-0.2, 0) is 6.54 Å². The van der Waals surface area contributed by atoms with Gasteiger partial charge in [-0.2, -0.15) is 0 Å². The van der Waals surface area contributed by atoms with Gasteiger partial charge in [-0.05, 0) is 6.92 Å². The summed E-state index contributed by atoms with van der Waals surface area (Å²) in [6.45, 7) is 2.70. The zero-order chi connectivity index (χ0) is 10.6. The van der Waals surface area contributed by atoms with Gasteiger partial charge in [0.25, 0.3) is 0 Å². The number of hydrogen-bond acceptors (Lipinski definition) is 4. The Morgan fingerprint density at radius 1 is 1.79 bits per heavy atom. The third kappa shape index (κ3) is 2.68. The molecule has 0 aliphatic heterocycles. The van der Waals surface area contributed by atoms with Crippen LogP contribution in [0.2, 0.25) is 0 Å². The molecule has 1 heterocycles. The lowest BCUT2D eigenvalue weighted by atomic mass is 10.4. The van der Waals surface area contributed by atoms with E-state index in [2.05, 4.69) is 15.4 Å². The fourth-order valence-corrected chi connectivity index (χ4v) is 1.75. The fraction of sp³-hybridized carbons (Fsp3) is 0.500. The summed E-state index contributed by atoms with van der Waals surface area (Å²) >= 11 is 1.64. The van der Waals surface area contributed by atoms with E-state index in [0.29, 0.717) is 12.5 Å². The molecular formula is C8H15N5S. The Labute approximate surface area is 87.6 Å². The zero-order valence-corrected chi connectivity index (χ0v) is 9.43. The van der Waals surface area contributed by atoms with Crippen LogP contribution in [0.4, 0.5) is 0 Å². The van der Waals surface area contributed by atoms with Crippen LogP contribution in [-0.4, -0.2) is 29.9 Å². The number of nitrogens with zero attached hydrogens (tertiary/aromatic N) is 3. The number of aliphatic imine (C=N–C) groups is 1. The SMILES string of the molecule is CN=C(NN)N(C)Cc1csc(C)n1. The molecule has 0 atom stereocenters. The van der Waals surface area contributed by atoms with Gasteiger partial charge >= 0.3 is 0 Å². The van der Waals surface area contributed by atoms with Crippen LogP contribution in [0.25, 0.3) is 0 Å². The summed E-state index contributed by atoms with van der Waals surface area (Å²) in [7, 11) is 3.61. The van der Waals surface area contributed by atoms with E-state index < -0.39 is 0 Å². The molecule has 0 bridgehead atoms. The minimum atomic E-state index is 0.649. The van der Waals surface area contributed by atoms with Crippen molar-refractivity contribution in [2.75, 3.05) is 14.1 Å². The normalized spacial score (nSPS) is 11.6. The van der Waals surface area contributed by atoms with Crippen molar-refractivity contribution >= 4 is 17.3 Å². The molecule has 0 aliphatic carbocycles. The Bertz CT molecular complexity index is 319. The van der Waals surface area contributed by atoms with Gasteiger partial charge in [0.2, 0.25) is 5.96 Å². The molecule has 6 heteroatoms. The van der Waals surface area contributed by atoms with Gasteiger partial charge in [-0.1, -0.05) is 0 Å². The second kappa shape index (κ2) is 4.92. The number of guanidine groups is 1. The van der Waals surface area contributed by atoms with Crippen molar-refractivity contribution < 1.29 is 0 Å². The molecular weight excluding hydrogens is 198 g/mol. The van der Waals surface area contributed by atoms with E-state index >= 15 is 0 Å². The molecule has 0 saturated heterocycles. The van der Waals surface area contributed by atoms with E-state index in [1.54, 1.807) is 18.4 Å². The van der Waals surface area contributed by atoms with Gasteiger partial charge in [0.1, 0.15) is 0 Å². The molecule has 0 amide bonds. The first kappa shape index (κ1) is 10.9. The minimum Gasteiger partial charge on any atom is -0.339 e. The Balaban J connectivity index is 2.60. The molecule has 3 N–H and O–H groups in total. The Kier molecular flexibility index (Phi) is 3.84. The minimum absolute atomic E-state index is 0.649. The molecule has 0 radical (unpaired) electrons. The van der Waals surface area contributed by atoms with Crippen molar-refractivity contribution in [3.63, 3.8) is 0 Å². The largest absolute Gasteiger partial charge is 0.339 e. The monoisotopic (exact) mass is 213 g/mol. The van der Waals surface area contributed by atoms with Crippen LogP contribution < -0.4 is 11.3 Å². The average Bonchev–Trinajstić information content (AvgIpc) is 2.53. The molecule has 1 rings (SSSR count). The van der Waals surface area contributed by atoms with Crippen molar-refractivity contribution in [3.8, 4) is 0 Å². The zero-order valence-electron chi connectivity index (χ0n) is 8.61. The number of rotatable bonds is 2. The third-order valence-electron chi connectivity index (χ3n) is 1.77. The number of hydrogen-bond donors (Lipinski definition) is 2. The van der Waals surface area contributed by atoms with E-state index in [4.69, 9.17) is 5.84 Å². The Hall–Kier alpha value is -1.14. The van der Waals surface area contributed by atoms with Crippen LogP contribution in [0, 0.1) is 6.92 Å². The molecule has 5 nitrogen and oxygen atoms in total. The molecule has 0 aliphatic rings. The molecule has 0 saturated carbocycles. The molecule has 78 valence electrons. The summed E-state index contributed by atoms with van der Waals surface area (Å²) in [6.07, 6.45) is 0. The maximum Gasteiger partial charge on any atom is 0.208 e. The predicted octanol–water partition coefficient (Wildman–Crippen LogP) is 0.332. The average molecular weight is 213 g/mol. The molecule has 0 spiro atoms. The fourth-order valence-electron chi connectivity index (χ4n) is 1.14. The predicted molar refractivity (Wildman–Crippen MR) is 59.0 cm³/mol. The van der Waals surface area contributed by atoms with Gasteiger partial charge in [0, 0.05) is 19.5 Å². The second-order valence-corrected chi connectivity index (χ2v) is 3.97. The number of hydrazine groups is 1. The first-order chi connectivity index (χ1) is 6.67. The maximum atomic E-state index is 5.30. The number of aryl methyl sites for hydroxylation is 1. The van der Waals surface area contributed by atoms with Crippen LogP contribution >= 0.6 is 11.3 Å². The van der Waals surface area contributed by atoms with Gasteiger partial charge in [0.05, 0.1) is 17.2 Å². The second-order valence-electron chi connectivity index (χ2n) is 2.91. The summed E-state index contributed by atoms with van der Waals surface area (Å²) < 4.78 is 0. The van der Waals surface area contributed by atoms with Crippen molar-refractivity contribution in [3.05, 3.63) is 16.1 Å². The van der Waals surface area contributed by atoms with E-state index in [9.17, 15) is 0 Å². The summed E-state index contributed by atoms with van der Waals surface area (Å²) in [5, 5.41) is 3.11. The van der Waals surface area contributed by atoms with Crippen LogP contribution in [0.15, 0.2) is 10.4 Å². The van der Waals surface area contributed by atoms with Crippen molar-refractivity contribution in [1.29, 1.82) is 0 Å². The Morgan fingerprint density at radius 2 is 2.50 bits per heavy atom. The highest BCUT2D eigenvalue weighted by atomic mass is 32.1. The highest BCUT2D eigenvalue weighted by Crippen LogP contribution is 2.09. The lowest BCUT2D eigenvalue weighted by Crippen LogP contribution is -2.42. The molecule has 1 aromatic rings. The standard InChI is InChI=1S/C8H15N5S/c1-6-11-7(5-14-6)4-13(3)8(10-2)12-9/h5H,4,9H2,1-3H3,(H,10,12). The number of thiazole rings is 1. The first-order valence-electron chi connectivity index (χ1n) is 4.23. The molecule has 14 heavy (non-hydrogen) atoms. The van der Waals surface area contributed by atoms with Crippen molar-refractivity contribution in [2.24, 2.45) is 10.8 Å². The summed E-state index contributed by atoms with van der Waals surface area (Å²) in [4.78, 5) is 10.3. The lowest BCUT2D eigenvalue weighted by Gasteiger charge is -2.18. The quantitative estimate of drug-likeness (QED) is 0.322. The van der Waals surface area contributed by atoms with E-state index in [-0.39, 0.29) is 0 Å². The van der Waals surface area contributed by atoms with Crippen LogP contribution in [0.5, 0.6) is 0 Å². The van der Waals surface area contributed by atoms with Crippen molar-refractivity contribution in [1.82, 2.24) is 15.3 Å². The van der Waals surface area contributed by atoms with E-state index in [1.807, 2.05) is 24.3 Å². The van der Waals surface area contributed by atoms with Crippen LogP contribution in [0.1, 0.15) is 10.7 Å². The number of aromatic nitrogens is 1.